The molecular formula is C21H23N5O2. The number of nitrogens with zero attached hydrogens (tertiary/aromatic N) is 2. The summed E-state index contributed by atoms with van der Waals surface area (Å²) in [6.07, 6.45) is 7.74. The highest BCUT2D eigenvalue weighted by Gasteiger charge is 2.55. The van der Waals surface area contributed by atoms with Gasteiger partial charge in [-0.3, -0.25) is 14.2 Å². The number of pyridine rings is 2. The zero-order valence-corrected chi connectivity index (χ0v) is 15.8. The number of hydrogen-bond acceptors (Lipinski definition) is 5. The molecule has 1 atom stereocenters. The van der Waals surface area contributed by atoms with Crippen LogP contribution in [0.3, 0.4) is 0 Å². The first-order valence-corrected chi connectivity index (χ1v) is 10.1. The molecule has 7 rings (SSSR count). The van der Waals surface area contributed by atoms with Gasteiger partial charge in [0.2, 0.25) is 0 Å². The van der Waals surface area contributed by atoms with Crippen molar-refractivity contribution in [2.24, 2.45) is 11.8 Å². The molecule has 5 aliphatic rings. The molecule has 1 spiro atoms. The zero-order valence-electron chi connectivity index (χ0n) is 15.8. The van der Waals surface area contributed by atoms with Crippen molar-refractivity contribution in [3.05, 3.63) is 45.0 Å². The molecular weight excluding hydrogens is 354 g/mol. The number of nitrogen functional groups attached to an aromatic ring is 1. The van der Waals surface area contributed by atoms with Gasteiger partial charge in [0, 0.05) is 30.3 Å². The van der Waals surface area contributed by atoms with E-state index in [2.05, 4.69) is 15.6 Å². The third kappa shape index (κ3) is 1.86. The molecule has 3 saturated carbocycles. The third-order valence-electron chi connectivity index (χ3n) is 7.45. The second kappa shape index (κ2) is 5.16. The monoisotopic (exact) mass is 377 g/mol. The van der Waals surface area contributed by atoms with E-state index in [-0.39, 0.29) is 11.5 Å². The standard InChI is InChI=1S/C21H23N5O2/c1-10-14-6-12-9-23-16(22)7-15(12)24-17(14)20(28)26-18(10)19(27)25-21(26)8-11-2-4-13(21)5-3-11/h7,9,11,13,24H,2-6,8H2,1H3,(H2,22,23)(H,25,27). The van der Waals surface area contributed by atoms with Crippen LogP contribution in [0.15, 0.2) is 17.1 Å². The lowest BCUT2D eigenvalue weighted by Crippen LogP contribution is -2.58. The van der Waals surface area contributed by atoms with Crippen molar-refractivity contribution >= 4 is 23.1 Å². The summed E-state index contributed by atoms with van der Waals surface area (Å²) in [5.41, 5.74) is 9.92. The lowest BCUT2D eigenvalue weighted by Gasteiger charge is -2.50. The Hall–Kier alpha value is -2.83. The summed E-state index contributed by atoms with van der Waals surface area (Å²) in [5.74, 6) is 1.23. The van der Waals surface area contributed by atoms with Gasteiger partial charge >= 0.3 is 0 Å². The Bertz CT molecular complexity index is 1110. The fourth-order valence-electron chi connectivity index (χ4n) is 6.11. The predicted molar refractivity (Wildman–Crippen MR) is 106 cm³/mol. The highest BCUT2D eigenvalue weighted by molar-refractivity contribution is 5.98. The second-order valence-electron chi connectivity index (χ2n) is 8.84. The molecule has 7 nitrogen and oxygen atoms in total. The van der Waals surface area contributed by atoms with Gasteiger partial charge in [-0.2, -0.15) is 0 Å². The first kappa shape index (κ1) is 16.2. The summed E-state index contributed by atoms with van der Waals surface area (Å²) in [7, 11) is 0. The van der Waals surface area contributed by atoms with Crippen LogP contribution in [0.2, 0.25) is 0 Å². The topological polar surface area (TPSA) is 102 Å². The number of rotatable bonds is 0. The molecule has 0 aromatic carbocycles. The molecule has 144 valence electrons. The quantitative estimate of drug-likeness (QED) is 0.558. The normalized spacial score (nSPS) is 29.1. The Kier molecular flexibility index (Phi) is 2.97. The smallest absolute Gasteiger partial charge is 0.277 e. The van der Waals surface area contributed by atoms with Gasteiger partial charge in [0.25, 0.3) is 11.5 Å². The highest BCUT2D eigenvalue weighted by atomic mass is 16.2. The van der Waals surface area contributed by atoms with Crippen LogP contribution in [0.25, 0.3) is 0 Å². The van der Waals surface area contributed by atoms with Crippen molar-refractivity contribution in [1.82, 2.24) is 14.9 Å². The van der Waals surface area contributed by atoms with Crippen LogP contribution in [0, 0.1) is 18.8 Å². The maximum atomic E-state index is 13.7. The van der Waals surface area contributed by atoms with E-state index in [1.54, 1.807) is 12.3 Å². The minimum atomic E-state index is -0.552. The SMILES string of the molecule is Cc1c2c(c(=O)n3c1C(=O)NC31CC3CCC1CC3)Nc1cc(N)ncc1C2. The predicted octanol–water partition coefficient (Wildman–Crippen LogP) is 2.39. The first-order valence-electron chi connectivity index (χ1n) is 10.1. The molecule has 0 radical (unpaired) electrons. The molecule has 28 heavy (non-hydrogen) atoms. The Morgan fingerprint density at radius 1 is 1.25 bits per heavy atom. The molecule has 1 unspecified atom stereocenters. The Labute approximate surface area is 162 Å². The number of carbonyl (C=O) groups is 1. The van der Waals surface area contributed by atoms with Gasteiger partial charge in [-0.25, -0.2) is 4.98 Å². The minimum absolute atomic E-state index is 0.0949. The summed E-state index contributed by atoms with van der Waals surface area (Å²) < 4.78 is 1.81. The number of amides is 1. The number of hydrogen-bond donors (Lipinski definition) is 3. The van der Waals surface area contributed by atoms with Crippen molar-refractivity contribution in [1.29, 1.82) is 0 Å². The molecule has 3 fully saturated rings. The zero-order chi connectivity index (χ0) is 19.2. The number of carbonyl (C=O) groups excluding carboxylic acids is 1. The lowest BCUT2D eigenvalue weighted by molar-refractivity contribution is -0.00193. The van der Waals surface area contributed by atoms with E-state index in [1.807, 2.05) is 11.5 Å². The van der Waals surface area contributed by atoms with Crippen LogP contribution in [0.1, 0.15) is 59.3 Å². The Balaban J connectivity index is 1.59. The van der Waals surface area contributed by atoms with E-state index < -0.39 is 5.66 Å². The summed E-state index contributed by atoms with van der Waals surface area (Å²) in [6.45, 7) is 1.96. The Morgan fingerprint density at radius 3 is 2.75 bits per heavy atom. The molecule has 0 saturated heterocycles. The van der Waals surface area contributed by atoms with Crippen molar-refractivity contribution < 1.29 is 4.79 Å². The van der Waals surface area contributed by atoms with Gasteiger partial charge < -0.3 is 16.4 Å². The van der Waals surface area contributed by atoms with E-state index in [9.17, 15) is 9.59 Å². The highest BCUT2D eigenvalue weighted by Crippen LogP contribution is 2.52. The van der Waals surface area contributed by atoms with Crippen LogP contribution < -0.4 is 21.9 Å². The third-order valence-corrected chi connectivity index (χ3v) is 7.45. The largest absolute Gasteiger partial charge is 0.384 e. The first-order chi connectivity index (χ1) is 13.5. The van der Waals surface area contributed by atoms with E-state index >= 15 is 0 Å². The molecule has 2 aromatic heterocycles. The molecule has 3 aliphatic carbocycles. The van der Waals surface area contributed by atoms with Crippen LogP contribution in [-0.2, 0) is 12.1 Å². The molecule has 2 aromatic rings. The number of anilines is 3. The molecule has 2 bridgehead atoms. The molecule has 2 aliphatic heterocycles. The van der Waals surface area contributed by atoms with Crippen molar-refractivity contribution in [2.45, 2.75) is 51.1 Å². The number of nitrogens with one attached hydrogen (secondary N) is 2. The molecule has 1 amide bonds. The van der Waals surface area contributed by atoms with Gasteiger partial charge in [-0.05, 0) is 61.6 Å². The molecule has 4 N–H and O–H groups in total. The van der Waals surface area contributed by atoms with Crippen molar-refractivity contribution in [3.63, 3.8) is 0 Å². The van der Waals surface area contributed by atoms with Crippen LogP contribution in [0.5, 0.6) is 0 Å². The van der Waals surface area contributed by atoms with Crippen LogP contribution in [0.4, 0.5) is 17.2 Å². The average Bonchev–Trinajstić information content (AvgIpc) is 2.97. The number of fused-ring (bicyclic) bond motifs is 5. The number of aromatic nitrogens is 2. The Morgan fingerprint density at radius 2 is 2.04 bits per heavy atom. The van der Waals surface area contributed by atoms with Gasteiger partial charge in [0.15, 0.2) is 0 Å². The second-order valence-corrected chi connectivity index (χ2v) is 8.84. The van der Waals surface area contributed by atoms with Crippen molar-refractivity contribution in [2.75, 3.05) is 11.1 Å². The van der Waals surface area contributed by atoms with E-state index in [1.165, 1.54) is 12.8 Å². The van der Waals surface area contributed by atoms with Gasteiger partial charge in [0.1, 0.15) is 22.9 Å². The summed E-state index contributed by atoms with van der Waals surface area (Å²) in [5, 5.41) is 6.57. The van der Waals surface area contributed by atoms with Gasteiger partial charge in [0.05, 0.1) is 0 Å². The maximum Gasteiger partial charge on any atom is 0.277 e. The van der Waals surface area contributed by atoms with Gasteiger partial charge in [-0.1, -0.05) is 0 Å². The van der Waals surface area contributed by atoms with E-state index in [4.69, 9.17) is 5.73 Å². The average molecular weight is 377 g/mol. The lowest BCUT2D eigenvalue weighted by atomic mass is 9.64. The summed E-state index contributed by atoms with van der Waals surface area (Å²) in [6, 6.07) is 1.77. The summed E-state index contributed by atoms with van der Waals surface area (Å²) in [4.78, 5) is 30.9. The van der Waals surface area contributed by atoms with Crippen LogP contribution in [-0.4, -0.2) is 15.5 Å². The van der Waals surface area contributed by atoms with Gasteiger partial charge in [-0.15, -0.1) is 0 Å². The van der Waals surface area contributed by atoms with E-state index in [0.29, 0.717) is 35.5 Å². The fraction of sp³-hybridized carbons (Fsp3) is 0.476. The molecule has 4 heterocycles. The molecule has 7 heteroatoms. The fourth-order valence-corrected chi connectivity index (χ4v) is 6.11. The van der Waals surface area contributed by atoms with Crippen LogP contribution >= 0.6 is 0 Å². The van der Waals surface area contributed by atoms with Crippen molar-refractivity contribution in [3.8, 4) is 0 Å². The van der Waals surface area contributed by atoms with E-state index in [0.717, 1.165) is 41.6 Å². The number of nitrogens with two attached hydrogens (primary N) is 1. The minimum Gasteiger partial charge on any atom is -0.384 e. The summed E-state index contributed by atoms with van der Waals surface area (Å²) >= 11 is 0. The maximum absolute atomic E-state index is 13.7.